The predicted molar refractivity (Wildman–Crippen MR) is 112 cm³/mol. The van der Waals surface area contributed by atoms with Crippen LogP contribution in [-0.4, -0.2) is 20.4 Å². The van der Waals surface area contributed by atoms with Gasteiger partial charge in [0.1, 0.15) is 6.20 Å². The highest BCUT2D eigenvalue weighted by Crippen LogP contribution is 2.31. The minimum absolute atomic E-state index is 0.749. The Morgan fingerprint density at radius 1 is 0.536 bits per heavy atom. The number of nitrogens with zero attached hydrogens (tertiary/aromatic N) is 4. The Bertz CT molecular complexity index is 1520. The Kier molecular flexibility index (Phi) is 3.14. The van der Waals surface area contributed by atoms with Crippen LogP contribution in [0.25, 0.3) is 54.6 Å². The maximum Gasteiger partial charge on any atom is 0.124 e. The van der Waals surface area contributed by atoms with E-state index in [1.165, 1.54) is 5.39 Å². The highest BCUT2D eigenvalue weighted by molar-refractivity contribution is 6.08. The van der Waals surface area contributed by atoms with E-state index in [2.05, 4.69) is 75.1 Å². The first-order valence-electron chi connectivity index (χ1n) is 9.09. The lowest BCUT2D eigenvalue weighted by Crippen LogP contribution is -1.94. The maximum atomic E-state index is 4.47. The first kappa shape index (κ1) is 15.2. The van der Waals surface area contributed by atoms with E-state index in [0.717, 1.165) is 49.2 Å². The van der Waals surface area contributed by atoms with Crippen LogP contribution in [0.15, 0.2) is 78.9 Å². The second-order valence-corrected chi connectivity index (χ2v) is 6.85. The van der Waals surface area contributed by atoms with Crippen LogP contribution in [0.5, 0.6) is 0 Å². The first-order chi connectivity index (χ1) is 13.9. The molecule has 0 N–H and O–H groups in total. The minimum Gasteiger partial charge on any atom is -0.150 e. The van der Waals surface area contributed by atoms with Gasteiger partial charge in [0, 0.05) is 16.3 Å². The third-order valence-electron chi connectivity index (χ3n) is 5.20. The predicted octanol–water partition coefficient (Wildman–Crippen LogP) is 5.35. The normalized spacial score (nSPS) is 11.6. The topological polar surface area (TPSA) is 51.6 Å². The zero-order valence-electron chi connectivity index (χ0n) is 14.8. The molecule has 0 amide bonds. The molecule has 6 aromatic rings. The molecule has 0 atom stereocenters. The summed E-state index contributed by atoms with van der Waals surface area (Å²) in [7, 11) is 0. The molecular weight excluding hydrogens is 344 g/mol. The van der Waals surface area contributed by atoms with Crippen LogP contribution < -0.4 is 0 Å². The van der Waals surface area contributed by atoms with Gasteiger partial charge >= 0.3 is 0 Å². The van der Waals surface area contributed by atoms with E-state index in [1.54, 1.807) is 0 Å². The van der Waals surface area contributed by atoms with Crippen molar-refractivity contribution >= 4 is 43.4 Å². The molecule has 2 aromatic heterocycles. The SMILES string of the molecule is [c]1nnc2cc3ccccc3cc2c1-c1cc2c(ccc3ccccc32)nn1. The fraction of sp³-hybridized carbons (Fsp3) is 0. The van der Waals surface area contributed by atoms with E-state index in [1.807, 2.05) is 30.3 Å². The van der Waals surface area contributed by atoms with Gasteiger partial charge in [0.15, 0.2) is 0 Å². The molecule has 1 radical (unpaired) electrons. The Morgan fingerprint density at radius 2 is 1.32 bits per heavy atom. The molecule has 129 valence electrons. The summed E-state index contributed by atoms with van der Waals surface area (Å²) < 4.78 is 0. The molecule has 0 saturated heterocycles. The largest absolute Gasteiger partial charge is 0.150 e. The van der Waals surface area contributed by atoms with Gasteiger partial charge in [-0.1, -0.05) is 54.6 Å². The average Bonchev–Trinajstić information content (AvgIpc) is 2.77. The number of hydrogen-bond acceptors (Lipinski definition) is 4. The fourth-order valence-corrected chi connectivity index (χ4v) is 3.81. The van der Waals surface area contributed by atoms with Crippen LogP contribution in [0.3, 0.4) is 0 Å². The highest BCUT2D eigenvalue weighted by atomic mass is 15.1. The molecule has 6 rings (SSSR count). The van der Waals surface area contributed by atoms with Gasteiger partial charge in [-0.3, -0.25) is 0 Å². The van der Waals surface area contributed by atoms with E-state index in [-0.39, 0.29) is 0 Å². The van der Waals surface area contributed by atoms with Gasteiger partial charge < -0.3 is 0 Å². The Hall–Kier alpha value is -3.92. The maximum absolute atomic E-state index is 4.47. The van der Waals surface area contributed by atoms with E-state index >= 15 is 0 Å². The smallest absolute Gasteiger partial charge is 0.124 e. The molecule has 0 fully saturated rings. The molecule has 0 unspecified atom stereocenters. The van der Waals surface area contributed by atoms with Crippen molar-refractivity contribution in [1.29, 1.82) is 0 Å². The zero-order valence-corrected chi connectivity index (χ0v) is 14.8. The van der Waals surface area contributed by atoms with Gasteiger partial charge in [-0.05, 0) is 45.8 Å². The lowest BCUT2D eigenvalue weighted by molar-refractivity contribution is 1.05. The Labute approximate surface area is 160 Å². The lowest BCUT2D eigenvalue weighted by Gasteiger charge is -2.08. The minimum atomic E-state index is 0.749. The Morgan fingerprint density at radius 3 is 2.21 bits per heavy atom. The van der Waals surface area contributed by atoms with Crippen LogP contribution in [0.1, 0.15) is 0 Å². The summed E-state index contributed by atoms with van der Waals surface area (Å²) in [6, 6.07) is 26.9. The molecule has 2 heterocycles. The summed E-state index contributed by atoms with van der Waals surface area (Å²) in [4.78, 5) is 0. The van der Waals surface area contributed by atoms with Crippen LogP contribution in [0, 0.1) is 6.20 Å². The second kappa shape index (κ2) is 5.79. The monoisotopic (exact) mass is 357 g/mol. The number of benzene rings is 4. The summed E-state index contributed by atoms with van der Waals surface area (Å²) >= 11 is 0. The van der Waals surface area contributed by atoms with E-state index in [9.17, 15) is 0 Å². The summed E-state index contributed by atoms with van der Waals surface area (Å²) in [5, 5.41) is 24.0. The first-order valence-corrected chi connectivity index (χ1v) is 9.09. The van der Waals surface area contributed by atoms with E-state index < -0.39 is 0 Å². The molecule has 4 heteroatoms. The van der Waals surface area contributed by atoms with Crippen molar-refractivity contribution < 1.29 is 0 Å². The Balaban J connectivity index is 1.67. The van der Waals surface area contributed by atoms with Crippen LogP contribution in [-0.2, 0) is 0 Å². The van der Waals surface area contributed by atoms with Crippen LogP contribution >= 0.6 is 0 Å². The van der Waals surface area contributed by atoms with Crippen molar-refractivity contribution in [3.8, 4) is 11.3 Å². The van der Waals surface area contributed by atoms with Crippen molar-refractivity contribution in [3.05, 3.63) is 85.1 Å². The molecule has 0 bridgehead atoms. The quantitative estimate of drug-likeness (QED) is 0.294. The lowest BCUT2D eigenvalue weighted by atomic mass is 10.0. The number of hydrogen-bond donors (Lipinski definition) is 0. The standard InChI is InChI=1S/C24H13N4/c1-2-7-17-12-23-19(11-16(17)6-1)21(14-25-26-23)24-13-20-18-8-4-3-5-15(18)9-10-22(20)27-28-24/h1-13H. The number of rotatable bonds is 1. The summed E-state index contributed by atoms with van der Waals surface area (Å²) in [5.41, 5.74) is 3.27. The highest BCUT2D eigenvalue weighted by Gasteiger charge is 2.11. The molecule has 0 aliphatic carbocycles. The summed E-state index contributed by atoms with van der Waals surface area (Å²) in [6.45, 7) is 0. The van der Waals surface area contributed by atoms with Crippen molar-refractivity contribution in [1.82, 2.24) is 20.4 Å². The van der Waals surface area contributed by atoms with Gasteiger partial charge in [-0.15, -0.1) is 20.4 Å². The molecular formula is C24H13N4. The van der Waals surface area contributed by atoms with E-state index in [4.69, 9.17) is 0 Å². The van der Waals surface area contributed by atoms with Gasteiger partial charge in [-0.25, -0.2) is 0 Å². The molecule has 0 aliphatic rings. The molecule has 0 spiro atoms. The van der Waals surface area contributed by atoms with Gasteiger partial charge in [0.05, 0.1) is 16.7 Å². The van der Waals surface area contributed by atoms with Gasteiger partial charge in [-0.2, -0.15) is 0 Å². The number of fused-ring (bicyclic) bond motifs is 5. The van der Waals surface area contributed by atoms with Gasteiger partial charge in [0.25, 0.3) is 0 Å². The van der Waals surface area contributed by atoms with Crippen molar-refractivity contribution in [3.63, 3.8) is 0 Å². The molecule has 0 saturated carbocycles. The molecule has 4 aromatic carbocycles. The summed E-state index contributed by atoms with van der Waals surface area (Å²) in [5.74, 6) is 0. The van der Waals surface area contributed by atoms with Crippen LogP contribution in [0.4, 0.5) is 0 Å². The fourth-order valence-electron chi connectivity index (χ4n) is 3.81. The molecule has 28 heavy (non-hydrogen) atoms. The van der Waals surface area contributed by atoms with Crippen molar-refractivity contribution in [2.45, 2.75) is 0 Å². The van der Waals surface area contributed by atoms with Crippen LogP contribution in [0.2, 0.25) is 0 Å². The third-order valence-corrected chi connectivity index (χ3v) is 5.20. The van der Waals surface area contributed by atoms with Crippen molar-refractivity contribution in [2.24, 2.45) is 0 Å². The zero-order chi connectivity index (χ0) is 18.5. The van der Waals surface area contributed by atoms with Crippen molar-refractivity contribution in [2.75, 3.05) is 0 Å². The third kappa shape index (κ3) is 2.25. The second-order valence-electron chi connectivity index (χ2n) is 6.85. The van der Waals surface area contributed by atoms with Gasteiger partial charge in [0.2, 0.25) is 0 Å². The summed E-state index contributed by atoms with van der Waals surface area (Å²) in [6.07, 6.45) is 3.04. The molecule has 4 nitrogen and oxygen atoms in total. The average molecular weight is 357 g/mol. The molecule has 0 aliphatic heterocycles. The van der Waals surface area contributed by atoms with E-state index in [0.29, 0.717) is 0 Å². The number of aromatic nitrogens is 4.